The first-order valence-corrected chi connectivity index (χ1v) is 4.95. The topological polar surface area (TPSA) is 43.1 Å². The van der Waals surface area contributed by atoms with Crippen LogP contribution in [0.2, 0.25) is 0 Å². The molecular weight excluding hydrogens is 207 g/mol. The summed E-state index contributed by atoms with van der Waals surface area (Å²) in [5, 5.41) is 4.06. The Morgan fingerprint density at radius 2 is 2.25 bits per heavy atom. The molecule has 0 aliphatic carbocycles. The fraction of sp³-hybridized carbons (Fsp3) is 0.364. The first kappa shape index (κ1) is 12.3. The van der Waals surface area contributed by atoms with E-state index in [9.17, 15) is 4.39 Å². The number of halogens is 1. The van der Waals surface area contributed by atoms with Crippen LogP contribution in [0.3, 0.4) is 0 Å². The van der Waals surface area contributed by atoms with E-state index in [4.69, 9.17) is 0 Å². The number of allylic oxidation sites excluding steroid dienone is 3. The van der Waals surface area contributed by atoms with E-state index in [1.165, 1.54) is 18.5 Å². The predicted octanol–water partition coefficient (Wildman–Crippen LogP) is 2.32. The Morgan fingerprint density at radius 1 is 1.56 bits per heavy atom. The molecule has 0 saturated carbocycles. The first-order chi connectivity index (χ1) is 7.56. The molecule has 0 radical (unpaired) electrons. The quantitative estimate of drug-likeness (QED) is 0.447. The molecule has 0 atom stereocenters. The van der Waals surface area contributed by atoms with Crippen LogP contribution in [0.5, 0.6) is 0 Å². The van der Waals surface area contributed by atoms with Gasteiger partial charge in [-0.1, -0.05) is 20.4 Å². The van der Waals surface area contributed by atoms with E-state index in [-0.39, 0.29) is 5.92 Å². The molecule has 4 nitrogen and oxygen atoms in total. The lowest BCUT2D eigenvalue weighted by atomic mass is 10.2. The third kappa shape index (κ3) is 2.85. The summed E-state index contributed by atoms with van der Waals surface area (Å²) in [5.74, 6) is 1.02. The largest absolute Gasteiger partial charge is 0.270 e. The molecule has 0 unspecified atom stereocenters. The Kier molecular flexibility index (Phi) is 4.10. The van der Waals surface area contributed by atoms with Crippen molar-refractivity contribution in [3.8, 4) is 0 Å². The molecule has 16 heavy (non-hydrogen) atoms. The highest BCUT2D eigenvalue weighted by Gasteiger charge is 2.11. The van der Waals surface area contributed by atoms with E-state index in [1.807, 2.05) is 13.8 Å². The van der Waals surface area contributed by atoms with Gasteiger partial charge < -0.3 is 0 Å². The fourth-order valence-corrected chi connectivity index (χ4v) is 1.23. The van der Waals surface area contributed by atoms with Crippen LogP contribution in [-0.4, -0.2) is 27.6 Å². The van der Waals surface area contributed by atoms with Crippen molar-refractivity contribution in [2.24, 2.45) is 4.99 Å². The molecule has 0 N–H and O–H groups in total. The SMILES string of the molecule is C=C(F)/C=C\C(=NC)n1ncnc1C(C)C. The maximum atomic E-state index is 12.5. The minimum absolute atomic E-state index is 0.223. The molecule has 0 saturated heterocycles. The normalized spacial score (nSPS) is 12.7. The lowest BCUT2D eigenvalue weighted by Gasteiger charge is -2.07. The maximum Gasteiger partial charge on any atom is 0.150 e. The highest BCUT2D eigenvalue weighted by atomic mass is 19.1. The molecule has 0 bridgehead atoms. The number of hydrogen-bond donors (Lipinski definition) is 0. The Labute approximate surface area is 94.2 Å². The van der Waals surface area contributed by atoms with Gasteiger partial charge in [-0.15, -0.1) is 0 Å². The summed E-state index contributed by atoms with van der Waals surface area (Å²) < 4.78 is 14.1. The molecule has 5 heteroatoms. The highest BCUT2D eigenvalue weighted by molar-refractivity contribution is 5.94. The summed E-state index contributed by atoms with van der Waals surface area (Å²) in [6, 6.07) is 0. The van der Waals surface area contributed by atoms with Gasteiger partial charge in [-0.3, -0.25) is 4.99 Å². The van der Waals surface area contributed by atoms with Crippen molar-refractivity contribution < 1.29 is 4.39 Å². The van der Waals surface area contributed by atoms with Crippen LogP contribution in [0.15, 0.2) is 35.9 Å². The van der Waals surface area contributed by atoms with E-state index in [1.54, 1.807) is 11.7 Å². The highest BCUT2D eigenvalue weighted by Crippen LogP contribution is 2.10. The fourth-order valence-electron chi connectivity index (χ4n) is 1.23. The third-order valence-electron chi connectivity index (χ3n) is 1.95. The lowest BCUT2D eigenvalue weighted by molar-refractivity contribution is 0.671. The number of hydrogen-bond acceptors (Lipinski definition) is 3. The van der Waals surface area contributed by atoms with Gasteiger partial charge in [-0.2, -0.15) is 9.78 Å². The molecule has 1 rings (SSSR count). The standard InChI is InChI=1S/C11H15FN4/c1-8(2)11-14-7-15-16(11)10(13-4)6-5-9(3)12/h5-8H,3H2,1-2,4H3/b6-5-,13-10?. The zero-order chi connectivity index (χ0) is 12.1. The van der Waals surface area contributed by atoms with Crippen molar-refractivity contribution in [3.05, 3.63) is 36.7 Å². The summed E-state index contributed by atoms with van der Waals surface area (Å²) in [6.07, 6.45) is 4.22. The van der Waals surface area contributed by atoms with Gasteiger partial charge in [0.2, 0.25) is 0 Å². The maximum absolute atomic E-state index is 12.5. The van der Waals surface area contributed by atoms with Crippen molar-refractivity contribution in [1.82, 2.24) is 14.8 Å². The van der Waals surface area contributed by atoms with E-state index in [0.717, 1.165) is 5.82 Å². The molecule has 0 spiro atoms. The van der Waals surface area contributed by atoms with Gasteiger partial charge in [-0.25, -0.2) is 9.37 Å². The van der Waals surface area contributed by atoms with Gasteiger partial charge in [0.1, 0.15) is 18.0 Å². The van der Waals surface area contributed by atoms with Crippen molar-refractivity contribution in [2.75, 3.05) is 7.05 Å². The van der Waals surface area contributed by atoms with Crippen LogP contribution < -0.4 is 0 Å². The second kappa shape index (κ2) is 5.34. The molecular formula is C11H15FN4. The average Bonchev–Trinajstić information content (AvgIpc) is 2.67. The third-order valence-corrected chi connectivity index (χ3v) is 1.95. The Morgan fingerprint density at radius 3 is 2.75 bits per heavy atom. The predicted molar refractivity (Wildman–Crippen MR) is 62.3 cm³/mol. The minimum Gasteiger partial charge on any atom is -0.270 e. The number of nitrogens with zero attached hydrogens (tertiary/aromatic N) is 4. The molecule has 0 amide bonds. The molecule has 86 valence electrons. The van der Waals surface area contributed by atoms with Gasteiger partial charge in [0, 0.05) is 13.0 Å². The van der Waals surface area contributed by atoms with E-state index in [2.05, 4.69) is 21.7 Å². The minimum atomic E-state index is -0.521. The van der Waals surface area contributed by atoms with Crippen molar-refractivity contribution in [2.45, 2.75) is 19.8 Å². The molecule has 0 aliphatic heterocycles. The zero-order valence-electron chi connectivity index (χ0n) is 9.68. The van der Waals surface area contributed by atoms with Crippen molar-refractivity contribution in [1.29, 1.82) is 0 Å². The summed E-state index contributed by atoms with van der Waals surface area (Å²) in [4.78, 5) is 8.16. The van der Waals surface area contributed by atoms with E-state index in [0.29, 0.717) is 5.84 Å². The number of aliphatic imine (C=N–C) groups is 1. The van der Waals surface area contributed by atoms with Crippen molar-refractivity contribution >= 4 is 5.84 Å². The van der Waals surface area contributed by atoms with Crippen LogP contribution in [0.4, 0.5) is 4.39 Å². The summed E-state index contributed by atoms with van der Waals surface area (Å²) in [6.45, 7) is 7.16. The number of rotatable bonds is 3. The van der Waals surface area contributed by atoms with Crippen LogP contribution >= 0.6 is 0 Å². The van der Waals surface area contributed by atoms with E-state index < -0.39 is 5.83 Å². The van der Waals surface area contributed by atoms with E-state index >= 15 is 0 Å². The summed E-state index contributed by atoms with van der Waals surface area (Å²) in [7, 11) is 1.62. The summed E-state index contributed by atoms with van der Waals surface area (Å²) in [5.41, 5.74) is 0. The van der Waals surface area contributed by atoms with Gasteiger partial charge in [-0.05, 0) is 12.2 Å². The lowest BCUT2D eigenvalue weighted by Crippen LogP contribution is -2.15. The Balaban J connectivity index is 3.05. The van der Waals surface area contributed by atoms with Gasteiger partial charge in [0.25, 0.3) is 0 Å². The van der Waals surface area contributed by atoms with Gasteiger partial charge in [0.15, 0.2) is 5.84 Å². The summed E-state index contributed by atoms with van der Waals surface area (Å²) >= 11 is 0. The Bertz CT molecular complexity index is 429. The van der Waals surface area contributed by atoms with Crippen LogP contribution in [-0.2, 0) is 0 Å². The smallest absolute Gasteiger partial charge is 0.150 e. The molecule has 1 heterocycles. The van der Waals surface area contributed by atoms with Crippen LogP contribution in [0.25, 0.3) is 0 Å². The monoisotopic (exact) mass is 222 g/mol. The van der Waals surface area contributed by atoms with Crippen LogP contribution in [0.1, 0.15) is 25.6 Å². The molecule has 1 aromatic heterocycles. The zero-order valence-corrected chi connectivity index (χ0v) is 9.68. The average molecular weight is 222 g/mol. The molecule has 0 fully saturated rings. The molecule has 0 aliphatic rings. The second-order valence-corrected chi connectivity index (χ2v) is 3.55. The Hall–Kier alpha value is -1.78. The molecule has 0 aromatic carbocycles. The van der Waals surface area contributed by atoms with Crippen LogP contribution in [0, 0.1) is 0 Å². The van der Waals surface area contributed by atoms with Gasteiger partial charge >= 0.3 is 0 Å². The molecule has 1 aromatic rings. The van der Waals surface area contributed by atoms with Crippen molar-refractivity contribution in [3.63, 3.8) is 0 Å². The first-order valence-electron chi connectivity index (χ1n) is 4.95. The number of aromatic nitrogens is 3. The second-order valence-electron chi connectivity index (χ2n) is 3.55. The van der Waals surface area contributed by atoms with Gasteiger partial charge in [0.05, 0.1) is 0 Å².